The van der Waals surface area contributed by atoms with Gasteiger partial charge in [0.2, 0.25) is 0 Å². The van der Waals surface area contributed by atoms with Crippen LogP contribution in [0.2, 0.25) is 0 Å². The Bertz CT molecular complexity index is 533. The highest BCUT2D eigenvalue weighted by atomic mass is 31.2. The van der Waals surface area contributed by atoms with Gasteiger partial charge in [0.05, 0.1) is 18.1 Å². The van der Waals surface area contributed by atoms with Crippen LogP contribution < -0.4 is 0 Å². The Balaban J connectivity index is 2.91. The van der Waals surface area contributed by atoms with Gasteiger partial charge in [0.1, 0.15) is 0 Å². The zero-order valence-corrected chi connectivity index (χ0v) is 11.6. The van der Waals surface area contributed by atoms with Crippen molar-refractivity contribution in [3.05, 3.63) is 39.9 Å². The molecule has 0 heterocycles. The lowest BCUT2D eigenvalue weighted by atomic mass is 10.2. The molecule has 19 heavy (non-hydrogen) atoms. The molecule has 0 aliphatic heterocycles. The van der Waals surface area contributed by atoms with Gasteiger partial charge in [-0.2, -0.15) is 0 Å². The molecule has 0 fully saturated rings. The summed E-state index contributed by atoms with van der Waals surface area (Å²) in [6, 6.07) is 5.62. The van der Waals surface area contributed by atoms with Crippen LogP contribution in [0.3, 0.4) is 0 Å². The van der Waals surface area contributed by atoms with E-state index in [2.05, 4.69) is 11.6 Å². The summed E-state index contributed by atoms with van der Waals surface area (Å²) < 4.78 is 22.0. The fourth-order valence-electron chi connectivity index (χ4n) is 1.24. The van der Waals surface area contributed by atoms with Crippen molar-refractivity contribution < 1.29 is 18.5 Å². The number of rotatable bonds is 5. The number of hydrogen-bond acceptors (Lipinski definition) is 5. The predicted octanol–water partition coefficient (Wildman–Crippen LogP) is 3.17. The minimum absolute atomic E-state index is 0.0247. The average Bonchev–Trinajstić information content (AvgIpc) is 2.37. The van der Waals surface area contributed by atoms with E-state index in [1.165, 1.54) is 24.3 Å². The lowest BCUT2D eigenvalue weighted by Gasteiger charge is -2.09. The second-order valence-corrected chi connectivity index (χ2v) is 5.11. The van der Waals surface area contributed by atoms with Gasteiger partial charge < -0.3 is 0 Å². The Kier molecular flexibility index (Phi) is 5.71. The molecular formula is C12H14NO5P. The zero-order valence-electron chi connectivity index (χ0n) is 10.7. The summed E-state index contributed by atoms with van der Waals surface area (Å²) in [7, 11) is -3.41. The smallest absolute Gasteiger partial charge is 0.300 e. The number of hydrogen-bond donors (Lipinski definition) is 0. The minimum Gasteiger partial charge on any atom is -0.300 e. The monoisotopic (exact) mass is 283 g/mol. The third kappa shape index (κ3) is 4.84. The van der Waals surface area contributed by atoms with Gasteiger partial charge in [-0.1, -0.05) is 5.92 Å². The summed E-state index contributed by atoms with van der Waals surface area (Å²) in [5.74, 6) is 2.64. The number of nitro groups is 1. The highest BCUT2D eigenvalue weighted by molar-refractivity contribution is 7.59. The van der Waals surface area contributed by atoms with E-state index in [0.717, 1.165) is 0 Å². The molecule has 1 aromatic carbocycles. The summed E-state index contributed by atoms with van der Waals surface area (Å²) in [6.45, 7) is 3.84. The fourth-order valence-corrected chi connectivity index (χ4v) is 2.39. The van der Waals surface area contributed by atoms with E-state index >= 15 is 0 Å². The maximum atomic E-state index is 12.0. The third-order valence-corrected chi connectivity index (χ3v) is 3.60. The van der Waals surface area contributed by atoms with Gasteiger partial charge in [-0.3, -0.25) is 19.2 Å². The van der Waals surface area contributed by atoms with E-state index in [0.29, 0.717) is 5.56 Å². The van der Waals surface area contributed by atoms with E-state index in [9.17, 15) is 14.7 Å². The van der Waals surface area contributed by atoms with Crippen LogP contribution >= 0.6 is 7.60 Å². The predicted molar refractivity (Wildman–Crippen MR) is 70.8 cm³/mol. The molecule has 7 heteroatoms. The number of benzene rings is 1. The Hall–Kier alpha value is -1.67. The molecule has 0 spiro atoms. The molecule has 1 rings (SSSR count). The van der Waals surface area contributed by atoms with Crippen LogP contribution in [0.15, 0.2) is 24.3 Å². The second kappa shape index (κ2) is 7.05. The van der Waals surface area contributed by atoms with Crippen molar-refractivity contribution in [2.24, 2.45) is 0 Å². The Morgan fingerprint density at radius 2 is 1.74 bits per heavy atom. The molecule has 6 nitrogen and oxygen atoms in total. The Labute approximate surface area is 111 Å². The van der Waals surface area contributed by atoms with Gasteiger partial charge in [-0.05, 0) is 26.0 Å². The van der Waals surface area contributed by atoms with E-state index in [-0.39, 0.29) is 18.9 Å². The summed E-state index contributed by atoms with van der Waals surface area (Å²) >= 11 is 0. The van der Waals surface area contributed by atoms with Crippen LogP contribution in [-0.4, -0.2) is 18.1 Å². The summed E-state index contributed by atoms with van der Waals surface area (Å²) in [5, 5.41) is 10.5. The van der Waals surface area contributed by atoms with Crippen molar-refractivity contribution in [2.45, 2.75) is 13.8 Å². The zero-order chi connectivity index (χ0) is 14.3. The van der Waals surface area contributed by atoms with Crippen molar-refractivity contribution in [1.29, 1.82) is 0 Å². The summed E-state index contributed by atoms with van der Waals surface area (Å²) in [5.41, 5.74) is 2.93. The number of non-ortho nitro benzene ring substituents is 1. The molecule has 0 saturated carbocycles. The van der Waals surface area contributed by atoms with Gasteiger partial charge in [0, 0.05) is 23.4 Å². The van der Waals surface area contributed by atoms with Gasteiger partial charge in [-0.15, -0.1) is 0 Å². The molecule has 0 atom stereocenters. The standard InChI is InChI=1S/C12H14NO5P/c1-3-17-19(16,18-4-2)10-9-11-5-7-12(8-6-11)13(14)15/h5-8H,3-4H2,1-2H3. The van der Waals surface area contributed by atoms with Gasteiger partial charge in [0.15, 0.2) is 0 Å². The quantitative estimate of drug-likeness (QED) is 0.359. The van der Waals surface area contributed by atoms with Gasteiger partial charge in [0.25, 0.3) is 5.69 Å². The number of nitro benzene ring substituents is 1. The Morgan fingerprint density at radius 3 is 2.16 bits per heavy atom. The van der Waals surface area contributed by atoms with Crippen molar-refractivity contribution >= 4 is 13.3 Å². The lowest BCUT2D eigenvalue weighted by molar-refractivity contribution is -0.384. The van der Waals surface area contributed by atoms with E-state index in [1.54, 1.807) is 13.8 Å². The molecule has 0 aliphatic carbocycles. The van der Waals surface area contributed by atoms with Gasteiger partial charge in [-0.25, -0.2) is 4.57 Å². The first-order chi connectivity index (χ1) is 9.00. The fraction of sp³-hybridized carbons (Fsp3) is 0.333. The topological polar surface area (TPSA) is 78.7 Å². The lowest BCUT2D eigenvalue weighted by Crippen LogP contribution is -1.93. The van der Waals surface area contributed by atoms with Crippen molar-refractivity contribution in [2.75, 3.05) is 13.2 Å². The molecule has 0 unspecified atom stereocenters. The number of nitrogens with zero attached hydrogens (tertiary/aromatic N) is 1. The van der Waals surface area contributed by atoms with Crippen molar-refractivity contribution in [3.8, 4) is 11.6 Å². The van der Waals surface area contributed by atoms with Crippen LogP contribution in [0.1, 0.15) is 19.4 Å². The van der Waals surface area contributed by atoms with Crippen molar-refractivity contribution in [1.82, 2.24) is 0 Å². The maximum absolute atomic E-state index is 12.0. The SMILES string of the molecule is CCOP(=O)(C#Cc1ccc([N+](=O)[O-])cc1)OCC. The molecule has 0 radical (unpaired) electrons. The van der Waals surface area contributed by atoms with E-state index in [4.69, 9.17) is 9.05 Å². The highest BCUT2D eigenvalue weighted by Crippen LogP contribution is 2.46. The molecule has 102 valence electrons. The van der Waals surface area contributed by atoms with Gasteiger partial charge >= 0.3 is 7.60 Å². The van der Waals surface area contributed by atoms with Crippen molar-refractivity contribution in [3.63, 3.8) is 0 Å². The average molecular weight is 283 g/mol. The van der Waals surface area contributed by atoms with Crippen LogP contribution in [-0.2, 0) is 13.6 Å². The molecule has 0 amide bonds. The molecular weight excluding hydrogens is 269 g/mol. The first kappa shape index (κ1) is 15.4. The highest BCUT2D eigenvalue weighted by Gasteiger charge is 2.19. The first-order valence-electron chi connectivity index (χ1n) is 5.67. The normalized spacial score (nSPS) is 10.6. The maximum Gasteiger partial charge on any atom is 0.405 e. The molecule has 0 saturated heterocycles. The van der Waals surface area contributed by atoms with E-state index < -0.39 is 12.5 Å². The second-order valence-electron chi connectivity index (χ2n) is 3.37. The largest absolute Gasteiger partial charge is 0.405 e. The van der Waals surface area contributed by atoms with Crippen LogP contribution in [0.25, 0.3) is 0 Å². The van der Waals surface area contributed by atoms with Crippen LogP contribution in [0.5, 0.6) is 0 Å². The summed E-state index contributed by atoms with van der Waals surface area (Å²) in [6.07, 6.45) is 0. The molecule has 0 aromatic heterocycles. The third-order valence-electron chi connectivity index (χ3n) is 2.01. The molecule has 0 bridgehead atoms. The molecule has 0 aliphatic rings. The molecule has 0 N–H and O–H groups in total. The Morgan fingerprint density at radius 1 is 1.21 bits per heavy atom. The van der Waals surface area contributed by atoms with E-state index in [1.807, 2.05) is 0 Å². The van der Waals surface area contributed by atoms with Crippen LogP contribution in [0, 0.1) is 21.7 Å². The minimum atomic E-state index is -3.41. The first-order valence-corrected chi connectivity index (χ1v) is 7.22. The summed E-state index contributed by atoms with van der Waals surface area (Å²) in [4.78, 5) is 9.99. The van der Waals surface area contributed by atoms with Crippen LogP contribution in [0.4, 0.5) is 5.69 Å². The molecule has 1 aromatic rings.